The van der Waals surface area contributed by atoms with Crippen LogP contribution in [0.2, 0.25) is 0 Å². The molecule has 0 saturated carbocycles. The van der Waals surface area contributed by atoms with Gasteiger partial charge >= 0.3 is 0 Å². The van der Waals surface area contributed by atoms with Gasteiger partial charge in [0.15, 0.2) is 0 Å². The maximum Gasteiger partial charge on any atom is 0.273 e. The number of ether oxygens (including phenoxy) is 1. The molecular weight excluding hydrogens is 322 g/mol. The van der Waals surface area contributed by atoms with Crippen molar-refractivity contribution in [1.29, 1.82) is 10.7 Å². The van der Waals surface area contributed by atoms with Gasteiger partial charge < -0.3 is 4.74 Å². The molecule has 0 fully saturated rings. The molecule has 2 aromatic rings. The number of rotatable bonds is 2. The van der Waals surface area contributed by atoms with E-state index in [4.69, 9.17) is 10.1 Å². The van der Waals surface area contributed by atoms with Crippen LogP contribution in [0, 0.1) is 32.8 Å². The number of benzene rings is 1. The third kappa shape index (κ3) is 2.63. The summed E-state index contributed by atoms with van der Waals surface area (Å²) in [5.74, 6) is -1.72. The molecule has 0 saturated heterocycles. The lowest BCUT2D eigenvalue weighted by atomic mass is 9.75. The van der Waals surface area contributed by atoms with Gasteiger partial charge in [-0.3, -0.25) is 20.6 Å². The van der Waals surface area contributed by atoms with Crippen LogP contribution in [0.5, 0.6) is 5.88 Å². The molecule has 0 radical (unpaired) electrons. The largest absolute Gasteiger partial charge is 0.422 e. The monoisotopic (exact) mass is 339 g/mol. The number of H-pyrrole nitrogens is 1. The number of nitro groups is 1. The molecule has 8 heteroatoms. The summed E-state index contributed by atoms with van der Waals surface area (Å²) in [4.78, 5) is 11.0. The van der Waals surface area contributed by atoms with E-state index in [-0.39, 0.29) is 22.9 Å². The summed E-state index contributed by atoms with van der Waals surface area (Å²) < 4.78 is 5.41. The van der Waals surface area contributed by atoms with Crippen molar-refractivity contribution in [2.75, 3.05) is 0 Å². The molecule has 128 valence electrons. The van der Waals surface area contributed by atoms with Gasteiger partial charge in [0.2, 0.25) is 11.8 Å². The highest BCUT2D eigenvalue weighted by atomic mass is 16.6. The molecule has 2 atom stereocenters. The standard InChI is InChI=1S/C17H17N5O3/c1-17(2,3)14-13-12(9-6-4-5-7-11(9)22(23)24)10(8-18)15(19)25-16(13)21-20-14/h4-7,10,12,19H,1-3H3,(H,20,21)/t10?,12-/m0/s1. The highest BCUT2D eigenvalue weighted by molar-refractivity contribution is 5.85. The summed E-state index contributed by atoms with van der Waals surface area (Å²) in [5, 5.41) is 36.2. The molecule has 1 aliphatic heterocycles. The Morgan fingerprint density at radius 3 is 2.68 bits per heavy atom. The average Bonchev–Trinajstić information content (AvgIpc) is 2.96. The summed E-state index contributed by atoms with van der Waals surface area (Å²) in [6.45, 7) is 5.91. The lowest BCUT2D eigenvalue weighted by molar-refractivity contribution is -0.385. The third-order valence-corrected chi connectivity index (χ3v) is 4.26. The average molecular weight is 339 g/mol. The number of nitrogens with zero attached hydrogens (tertiary/aromatic N) is 3. The summed E-state index contributed by atoms with van der Waals surface area (Å²) in [6.07, 6.45) is 0. The van der Waals surface area contributed by atoms with E-state index in [0.29, 0.717) is 11.1 Å². The normalized spacial score (nSPS) is 19.7. The van der Waals surface area contributed by atoms with Crippen LogP contribution in [-0.4, -0.2) is 21.0 Å². The van der Waals surface area contributed by atoms with Gasteiger partial charge in [0.05, 0.1) is 11.0 Å². The number of para-hydroxylation sites is 1. The predicted molar refractivity (Wildman–Crippen MR) is 89.7 cm³/mol. The zero-order valence-corrected chi connectivity index (χ0v) is 14.0. The molecule has 2 heterocycles. The van der Waals surface area contributed by atoms with Crippen LogP contribution in [-0.2, 0) is 5.41 Å². The zero-order chi connectivity index (χ0) is 18.4. The van der Waals surface area contributed by atoms with Gasteiger partial charge in [-0.15, -0.1) is 5.10 Å². The van der Waals surface area contributed by atoms with E-state index >= 15 is 0 Å². The minimum atomic E-state index is -0.965. The SMILES string of the molecule is CC(C)(C)c1[nH]nc2c1[C@@H](c1ccccc1[N+](=O)[O-])C(C#N)C(=N)O2. The first-order chi connectivity index (χ1) is 11.8. The lowest BCUT2D eigenvalue weighted by Crippen LogP contribution is -2.32. The molecule has 1 aromatic carbocycles. The van der Waals surface area contributed by atoms with Crippen molar-refractivity contribution in [2.24, 2.45) is 5.92 Å². The first-order valence-corrected chi connectivity index (χ1v) is 7.73. The maximum absolute atomic E-state index is 11.5. The molecule has 8 nitrogen and oxygen atoms in total. The molecule has 0 amide bonds. The van der Waals surface area contributed by atoms with Crippen LogP contribution in [0.4, 0.5) is 5.69 Å². The highest BCUT2D eigenvalue weighted by Gasteiger charge is 2.44. The van der Waals surface area contributed by atoms with Crippen molar-refractivity contribution in [3.63, 3.8) is 0 Å². The van der Waals surface area contributed by atoms with Gasteiger partial charge in [-0.25, -0.2) is 0 Å². The molecule has 3 rings (SSSR count). The Balaban J connectivity index is 2.32. The number of aromatic amines is 1. The van der Waals surface area contributed by atoms with Crippen LogP contribution in [0.25, 0.3) is 0 Å². The van der Waals surface area contributed by atoms with E-state index in [1.54, 1.807) is 18.2 Å². The van der Waals surface area contributed by atoms with E-state index in [9.17, 15) is 15.4 Å². The van der Waals surface area contributed by atoms with Crippen LogP contribution in [0.1, 0.15) is 43.5 Å². The fraction of sp³-hybridized carbons (Fsp3) is 0.353. The maximum atomic E-state index is 11.5. The zero-order valence-electron chi connectivity index (χ0n) is 14.0. The minimum Gasteiger partial charge on any atom is -0.422 e. The van der Waals surface area contributed by atoms with Gasteiger partial charge in [-0.2, -0.15) is 5.26 Å². The second kappa shape index (κ2) is 5.70. The second-order valence-corrected chi connectivity index (χ2v) is 6.93. The summed E-state index contributed by atoms with van der Waals surface area (Å²) >= 11 is 0. The second-order valence-electron chi connectivity index (χ2n) is 6.93. The molecular formula is C17H17N5O3. The fourth-order valence-electron chi connectivity index (χ4n) is 3.14. The van der Waals surface area contributed by atoms with E-state index in [1.807, 2.05) is 20.8 Å². The van der Waals surface area contributed by atoms with Crippen LogP contribution in [0.3, 0.4) is 0 Å². The Morgan fingerprint density at radius 2 is 2.08 bits per heavy atom. The number of fused-ring (bicyclic) bond motifs is 1. The van der Waals surface area contributed by atoms with Crippen molar-refractivity contribution in [3.8, 4) is 11.9 Å². The van der Waals surface area contributed by atoms with Gasteiger partial charge in [0, 0.05) is 34.2 Å². The van der Waals surface area contributed by atoms with E-state index in [0.717, 1.165) is 5.69 Å². The van der Waals surface area contributed by atoms with E-state index < -0.39 is 16.8 Å². The van der Waals surface area contributed by atoms with Crippen molar-refractivity contribution < 1.29 is 9.66 Å². The molecule has 1 unspecified atom stereocenters. The molecule has 0 aliphatic carbocycles. The summed E-state index contributed by atoms with van der Waals surface area (Å²) in [7, 11) is 0. The van der Waals surface area contributed by atoms with Gasteiger partial charge in [0.1, 0.15) is 5.92 Å². The molecule has 25 heavy (non-hydrogen) atoms. The number of aromatic nitrogens is 2. The van der Waals surface area contributed by atoms with Gasteiger partial charge in [0.25, 0.3) is 5.69 Å². The fourth-order valence-corrected chi connectivity index (χ4v) is 3.14. The molecule has 2 N–H and O–H groups in total. The molecule has 1 aliphatic rings. The van der Waals surface area contributed by atoms with E-state index in [1.165, 1.54) is 6.07 Å². The highest BCUT2D eigenvalue weighted by Crippen LogP contribution is 2.47. The van der Waals surface area contributed by atoms with Crippen LogP contribution >= 0.6 is 0 Å². The number of nitro benzene ring substituents is 1. The smallest absolute Gasteiger partial charge is 0.273 e. The molecule has 0 spiro atoms. The Kier molecular flexibility index (Phi) is 3.80. The van der Waals surface area contributed by atoms with Crippen LogP contribution in [0.15, 0.2) is 24.3 Å². The molecule has 1 aromatic heterocycles. The van der Waals surface area contributed by atoms with Crippen LogP contribution < -0.4 is 4.74 Å². The Hall–Kier alpha value is -3.21. The first kappa shape index (κ1) is 16.6. The number of hydrogen-bond acceptors (Lipinski definition) is 6. The quantitative estimate of drug-likeness (QED) is 0.641. The third-order valence-electron chi connectivity index (χ3n) is 4.26. The number of nitrogens with one attached hydrogen (secondary N) is 2. The van der Waals surface area contributed by atoms with Gasteiger partial charge in [-0.1, -0.05) is 39.0 Å². The first-order valence-electron chi connectivity index (χ1n) is 7.73. The predicted octanol–water partition coefficient (Wildman–Crippen LogP) is 3.26. The Bertz CT molecular complexity index is 904. The number of nitriles is 1. The van der Waals surface area contributed by atoms with E-state index in [2.05, 4.69) is 16.3 Å². The number of hydrogen-bond donors (Lipinski definition) is 2. The van der Waals surface area contributed by atoms with Crippen molar-refractivity contribution >= 4 is 11.6 Å². The summed E-state index contributed by atoms with van der Waals surface area (Å²) in [5.41, 5.74) is 1.28. The topological polar surface area (TPSA) is 129 Å². The van der Waals surface area contributed by atoms with Crippen molar-refractivity contribution in [1.82, 2.24) is 10.2 Å². The summed E-state index contributed by atoms with van der Waals surface area (Å²) in [6, 6.07) is 8.35. The van der Waals surface area contributed by atoms with Crippen molar-refractivity contribution in [3.05, 3.63) is 51.2 Å². The van der Waals surface area contributed by atoms with Gasteiger partial charge in [-0.05, 0) is 0 Å². The van der Waals surface area contributed by atoms with Crippen molar-refractivity contribution in [2.45, 2.75) is 32.1 Å². The molecule has 0 bridgehead atoms. The minimum absolute atomic E-state index is 0.0885. The Labute approximate surface area is 144 Å². The lowest BCUT2D eigenvalue weighted by Gasteiger charge is -2.30. The Morgan fingerprint density at radius 1 is 1.40 bits per heavy atom.